The molecular formula is C12H17NO. The second kappa shape index (κ2) is 4.11. The number of rotatable bonds is 2. The molecule has 0 radical (unpaired) electrons. The van der Waals surface area contributed by atoms with E-state index in [2.05, 4.69) is 17.4 Å². The predicted octanol–water partition coefficient (Wildman–Crippen LogP) is 1.69. The molecule has 76 valence electrons. The van der Waals surface area contributed by atoms with Crippen LogP contribution in [0.4, 0.5) is 0 Å². The van der Waals surface area contributed by atoms with Crippen LogP contribution in [-0.4, -0.2) is 17.4 Å². The third kappa shape index (κ3) is 2.34. The van der Waals surface area contributed by atoms with Crippen LogP contribution in [-0.2, 0) is 6.42 Å². The third-order valence-electron chi connectivity index (χ3n) is 2.81. The first-order valence-electron chi connectivity index (χ1n) is 5.30. The van der Waals surface area contributed by atoms with Gasteiger partial charge in [-0.15, -0.1) is 0 Å². The zero-order valence-electron chi connectivity index (χ0n) is 8.37. The maximum atomic E-state index is 10.2. The zero-order valence-corrected chi connectivity index (χ0v) is 8.37. The standard InChI is InChI=1S/C12H17NO/c14-12(8-4-5-9-13-12)10-11-6-2-1-3-7-11/h1-3,6-7,13-14H,4-5,8-10H2. The van der Waals surface area contributed by atoms with Crippen LogP contribution in [0.3, 0.4) is 0 Å². The molecule has 0 bridgehead atoms. The molecule has 2 N–H and O–H groups in total. The van der Waals surface area contributed by atoms with Crippen molar-refractivity contribution in [1.82, 2.24) is 5.32 Å². The molecule has 1 unspecified atom stereocenters. The minimum Gasteiger partial charge on any atom is -0.376 e. The van der Waals surface area contributed by atoms with Crippen molar-refractivity contribution in [2.75, 3.05) is 6.54 Å². The number of benzene rings is 1. The molecule has 0 saturated carbocycles. The Kier molecular flexibility index (Phi) is 2.85. The van der Waals surface area contributed by atoms with Gasteiger partial charge in [0.2, 0.25) is 0 Å². The van der Waals surface area contributed by atoms with Crippen LogP contribution in [0, 0.1) is 0 Å². The summed E-state index contributed by atoms with van der Waals surface area (Å²) >= 11 is 0. The van der Waals surface area contributed by atoms with Crippen molar-refractivity contribution in [3.8, 4) is 0 Å². The molecule has 0 aromatic heterocycles. The van der Waals surface area contributed by atoms with Gasteiger partial charge in [-0.25, -0.2) is 0 Å². The van der Waals surface area contributed by atoms with Crippen molar-refractivity contribution in [2.24, 2.45) is 0 Å². The van der Waals surface area contributed by atoms with Crippen LogP contribution in [0.15, 0.2) is 30.3 Å². The predicted molar refractivity (Wildman–Crippen MR) is 56.9 cm³/mol. The molecule has 0 amide bonds. The van der Waals surface area contributed by atoms with E-state index in [9.17, 15) is 5.11 Å². The first-order chi connectivity index (χ1) is 6.79. The lowest BCUT2D eigenvalue weighted by molar-refractivity contribution is -0.0181. The fourth-order valence-corrected chi connectivity index (χ4v) is 2.04. The molecule has 1 saturated heterocycles. The van der Waals surface area contributed by atoms with E-state index in [1.165, 1.54) is 12.0 Å². The maximum Gasteiger partial charge on any atom is 0.120 e. The second-order valence-corrected chi connectivity index (χ2v) is 4.08. The van der Waals surface area contributed by atoms with Crippen LogP contribution >= 0.6 is 0 Å². The van der Waals surface area contributed by atoms with Crippen LogP contribution in [0.2, 0.25) is 0 Å². The van der Waals surface area contributed by atoms with Crippen LogP contribution in [0.25, 0.3) is 0 Å². The highest BCUT2D eigenvalue weighted by atomic mass is 16.3. The molecule has 2 heteroatoms. The topological polar surface area (TPSA) is 32.3 Å². The zero-order chi connectivity index (χ0) is 9.86. The lowest BCUT2D eigenvalue weighted by atomic mass is 9.94. The van der Waals surface area contributed by atoms with Crippen LogP contribution in [0.1, 0.15) is 24.8 Å². The van der Waals surface area contributed by atoms with Gasteiger partial charge in [-0.3, -0.25) is 5.32 Å². The molecule has 1 aromatic carbocycles. The molecule has 1 aliphatic rings. The minimum atomic E-state index is -0.667. The minimum absolute atomic E-state index is 0.667. The van der Waals surface area contributed by atoms with Gasteiger partial charge in [0.05, 0.1) is 0 Å². The molecular weight excluding hydrogens is 174 g/mol. The third-order valence-corrected chi connectivity index (χ3v) is 2.81. The van der Waals surface area contributed by atoms with Crippen molar-refractivity contribution in [3.63, 3.8) is 0 Å². The van der Waals surface area contributed by atoms with E-state index in [0.29, 0.717) is 6.42 Å². The molecule has 0 aliphatic carbocycles. The highest BCUT2D eigenvalue weighted by molar-refractivity contribution is 5.16. The van der Waals surface area contributed by atoms with Gasteiger partial charge in [-0.05, 0) is 31.4 Å². The lowest BCUT2D eigenvalue weighted by Crippen LogP contribution is -2.50. The highest BCUT2D eigenvalue weighted by Crippen LogP contribution is 2.20. The Morgan fingerprint density at radius 1 is 1.21 bits per heavy atom. The van der Waals surface area contributed by atoms with Crippen LogP contribution in [0.5, 0.6) is 0 Å². The number of hydrogen-bond donors (Lipinski definition) is 2. The lowest BCUT2D eigenvalue weighted by Gasteiger charge is -2.33. The van der Waals surface area contributed by atoms with Gasteiger partial charge in [-0.2, -0.15) is 0 Å². The van der Waals surface area contributed by atoms with Gasteiger partial charge in [0, 0.05) is 6.42 Å². The van der Waals surface area contributed by atoms with Crippen molar-refractivity contribution < 1.29 is 5.11 Å². The number of hydrogen-bond acceptors (Lipinski definition) is 2. The van der Waals surface area contributed by atoms with Gasteiger partial charge >= 0.3 is 0 Å². The number of aliphatic hydroxyl groups is 1. The molecule has 1 fully saturated rings. The molecule has 2 nitrogen and oxygen atoms in total. The van der Waals surface area contributed by atoms with E-state index in [-0.39, 0.29) is 0 Å². The van der Waals surface area contributed by atoms with Crippen molar-refractivity contribution in [1.29, 1.82) is 0 Å². The summed E-state index contributed by atoms with van der Waals surface area (Å²) in [6, 6.07) is 10.2. The highest BCUT2D eigenvalue weighted by Gasteiger charge is 2.28. The SMILES string of the molecule is OC1(Cc2ccccc2)CCCCN1. The van der Waals surface area contributed by atoms with Crippen molar-refractivity contribution in [2.45, 2.75) is 31.4 Å². The monoisotopic (exact) mass is 191 g/mol. The molecule has 1 heterocycles. The normalized spacial score (nSPS) is 27.5. The Hall–Kier alpha value is -0.860. The molecule has 1 aliphatic heterocycles. The van der Waals surface area contributed by atoms with Gasteiger partial charge in [0.25, 0.3) is 0 Å². The number of piperidine rings is 1. The maximum absolute atomic E-state index is 10.2. The van der Waals surface area contributed by atoms with Crippen LogP contribution < -0.4 is 5.32 Å². The summed E-state index contributed by atoms with van der Waals surface area (Å²) in [6.07, 6.45) is 3.88. The summed E-state index contributed by atoms with van der Waals surface area (Å²) in [5.74, 6) is 0. The molecule has 1 aromatic rings. The largest absolute Gasteiger partial charge is 0.376 e. The average molecular weight is 191 g/mol. The molecule has 2 rings (SSSR count). The fourth-order valence-electron chi connectivity index (χ4n) is 2.04. The summed E-state index contributed by atoms with van der Waals surface area (Å²) in [5.41, 5.74) is 0.531. The molecule has 0 spiro atoms. The van der Waals surface area contributed by atoms with Gasteiger partial charge < -0.3 is 5.11 Å². The van der Waals surface area contributed by atoms with E-state index < -0.39 is 5.72 Å². The smallest absolute Gasteiger partial charge is 0.120 e. The van der Waals surface area contributed by atoms with E-state index in [0.717, 1.165) is 19.4 Å². The molecule has 14 heavy (non-hydrogen) atoms. The van der Waals surface area contributed by atoms with E-state index in [4.69, 9.17) is 0 Å². The second-order valence-electron chi connectivity index (χ2n) is 4.08. The quantitative estimate of drug-likeness (QED) is 0.745. The summed E-state index contributed by atoms with van der Waals surface area (Å²) in [4.78, 5) is 0. The molecule has 1 atom stereocenters. The fraction of sp³-hybridized carbons (Fsp3) is 0.500. The Bertz CT molecular complexity index is 278. The van der Waals surface area contributed by atoms with E-state index >= 15 is 0 Å². The van der Waals surface area contributed by atoms with E-state index in [1.54, 1.807) is 0 Å². The van der Waals surface area contributed by atoms with Crippen molar-refractivity contribution in [3.05, 3.63) is 35.9 Å². The Morgan fingerprint density at radius 2 is 2.00 bits per heavy atom. The Balaban J connectivity index is 2.02. The Morgan fingerprint density at radius 3 is 2.64 bits per heavy atom. The number of nitrogens with one attached hydrogen (secondary N) is 1. The summed E-state index contributed by atoms with van der Waals surface area (Å²) in [7, 11) is 0. The Labute approximate surface area is 85.0 Å². The average Bonchev–Trinajstić information content (AvgIpc) is 2.19. The van der Waals surface area contributed by atoms with Gasteiger partial charge in [0.15, 0.2) is 0 Å². The first kappa shape index (κ1) is 9.69. The van der Waals surface area contributed by atoms with E-state index in [1.807, 2.05) is 18.2 Å². The summed E-state index contributed by atoms with van der Waals surface area (Å²) in [6.45, 7) is 0.934. The van der Waals surface area contributed by atoms with Gasteiger partial charge in [0.1, 0.15) is 5.72 Å². The first-order valence-corrected chi connectivity index (χ1v) is 5.30. The van der Waals surface area contributed by atoms with Crippen molar-refractivity contribution >= 4 is 0 Å². The summed E-state index contributed by atoms with van der Waals surface area (Å²) in [5, 5.41) is 13.4. The summed E-state index contributed by atoms with van der Waals surface area (Å²) < 4.78 is 0. The van der Waals surface area contributed by atoms with Gasteiger partial charge in [-0.1, -0.05) is 30.3 Å².